The molecule has 0 saturated heterocycles. The number of carbonyl (C=O) groups is 2. The van der Waals surface area contributed by atoms with Crippen LogP contribution in [0.4, 0.5) is 5.69 Å². The van der Waals surface area contributed by atoms with Crippen LogP contribution in [0.2, 0.25) is 0 Å². The largest absolute Gasteiger partial charge is 0.493 e. The van der Waals surface area contributed by atoms with Gasteiger partial charge in [-0.15, -0.1) is 0 Å². The fraction of sp³-hybridized carbons (Fsp3) is 0.238. The summed E-state index contributed by atoms with van der Waals surface area (Å²) in [5, 5.41) is 5.41. The Morgan fingerprint density at radius 1 is 1.04 bits per heavy atom. The second-order valence-corrected chi connectivity index (χ2v) is 5.67. The molecule has 28 heavy (non-hydrogen) atoms. The second kappa shape index (κ2) is 10.6. The van der Waals surface area contributed by atoms with Crippen molar-refractivity contribution in [2.24, 2.45) is 0 Å². The van der Waals surface area contributed by atoms with E-state index in [0.717, 1.165) is 5.56 Å². The van der Waals surface area contributed by atoms with Gasteiger partial charge in [0.05, 0.1) is 14.2 Å². The van der Waals surface area contributed by atoms with Gasteiger partial charge in [0.1, 0.15) is 5.75 Å². The number of methoxy groups -OCH3 is 2. The lowest BCUT2D eigenvalue weighted by atomic mass is 10.1. The van der Waals surface area contributed by atoms with Crippen LogP contribution < -0.4 is 24.8 Å². The molecule has 0 bridgehead atoms. The molecule has 7 nitrogen and oxygen atoms in total. The normalized spacial score (nSPS) is 10.4. The van der Waals surface area contributed by atoms with Crippen molar-refractivity contribution in [3.63, 3.8) is 0 Å². The van der Waals surface area contributed by atoms with Crippen LogP contribution in [0.15, 0.2) is 48.5 Å². The van der Waals surface area contributed by atoms with Crippen molar-refractivity contribution in [3.8, 4) is 17.2 Å². The fourth-order valence-electron chi connectivity index (χ4n) is 2.42. The summed E-state index contributed by atoms with van der Waals surface area (Å²) in [6.07, 6.45) is 3.07. The molecule has 7 heteroatoms. The van der Waals surface area contributed by atoms with Crippen LogP contribution in [0.3, 0.4) is 0 Å². The van der Waals surface area contributed by atoms with E-state index in [9.17, 15) is 9.59 Å². The summed E-state index contributed by atoms with van der Waals surface area (Å²) in [6, 6.07) is 12.2. The molecule has 2 aromatic rings. The number of hydrogen-bond donors (Lipinski definition) is 2. The maximum Gasteiger partial charge on any atom is 0.257 e. The predicted octanol–water partition coefficient (Wildman–Crippen LogP) is 2.87. The number of rotatable bonds is 9. The molecule has 0 saturated carbocycles. The Balaban J connectivity index is 1.94. The van der Waals surface area contributed by atoms with E-state index in [2.05, 4.69) is 10.6 Å². The van der Waals surface area contributed by atoms with Crippen LogP contribution >= 0.6 is 0 Å². The van der Waals surface area contributed by atoms with E-state index in [1.807, 2.05) is 19.1 Å². The Kier molecular flexibility index (Phi) is 7.90. The van der Waals surface area contributed by atoms with Crippen molar-refractivity contribution >= 4 is 23.6 Å². The summed E-state index contributed by atoms with van der Waals surface area (Å²) < 4.78 is 15.9. The number of carbonyl (C=O) groups excluding carboxylic acids is 2. The SMILES string of the molecule is CCNC(=O)COc1ccc(NC(=O)/C=C/c2cccc(OC)c2OC)cc1. The molecule has 0 fully saturated rings. The highest BCUT2D eigenvalue weighted by molar-refractivity contribution is 6.02. The van der Waals surface area contributed by atoms with E-state index in [-0.39, 0.29) is 18.4 Å². The molecule has 0 heterocycles. The van der Waals surface area contributed by atoms with E-state index < -0.39 is 0 Å². The molecule has 0 aromatic heterocycles. The van der Waals surface area contributed by atoms with E-state index in [1.165, 1.54) is 6.08 Å². The molecule has 2 aromatic carbocycles. The first-order valence-electron chi connectivity index (χ1n) is 8.77. The second-order valence-electron chi connectivity index (χ2n) is 5.67. The van der Waals surface area contributed by atoms with Gasteiger partial charge in [0.15, 0.2) is 18.1 Å². The summed E-state index contributed by atoms with van der Waals surface area (Å²) in [6.45, 7) is 2.35. The van der Waals surface area contributed by atoms with E-state index >= 15 is 0 Å². The molecule has 2 N–H and O–H groups in total. The zero-order valence-corrected chi connectivity index (χ0v) is 16.2. The predicted molar refractivity (Wildman–Crippen MR) is 108 cm³/mol. The van der Waals surface area contributed by atoms with Gasteiger partial charge in [-0.1, -0.05) is 12.1 Å². The molecule has 0 aliphatic carbocycles. The first-order valence-corrected chi connectivity index (χ1v) is 8.77. The first-order chi connectivity index (χ1) is 13.6. The van der Waals surface area contributed by atoms with Gasteiger partial charge < -0.3 is 24.8 Å². The van der Waals surface area contributed by atoms with Crippen LogP contribution in [-0.4, -0.2) is 39.2 Å². The van der Waals surface area contributed by atoms with Crippen molar-refractivity contribution in [3.05, 3.63) is 54.1 Å². The minimum Gasteiger partial charge on any atom is -0.493 e. The van der Waals surface area contributed by atoms with Gasteiger partial charge in [-0.05, 0) is 43.3 Å². The standard InChI is InChI=1S/C21H24N2O5/c1-4-22-20(25)14-28-17-11-9-16(10-12-17)23-19(24)13-8-15-6-5-7-18(26-2)21(15)27-3/h5-13H,4,14H2,1-3H3,(H,22,25)(H,23,24)/b13-8+. The highest BCUT2D eigenvalue weighted by Crippen LogP contribution is 2.31. The minimum absolute atomic E-state index is 0.0509. The van der Waals surface area contributed by atoms with Crippen molar-refractivity contribution < 1.29 is 23.8 Å². The van der Waals surface area contributed by atoms with Gasteiger partial charge >= 0.3 is 0 Å². The maximum atomic E-state index is 12.2. The average Bonchev–Trinajstić information content (AvgIpc) is 2.71. The molecule has 148 valence electrons. The summed E-state index contributed by atoms with van der Waals surface area (Å²) in [5.74, 6) is 1.22. The van der Waals surface area contributed by atoms with Crippen LogP contribution in [-0.2, 0) is 9.59 Å². The van der Waals surface area contributed by atoms with Crippen molar-refractivity contribution in [2.75, 3.05) is 32.7 Å². The van der Waals surface area contributed by atoms with E-state index in [4.69, 9.17) is 14.2 Å². The van der Waals surface area contributed by atoms with Gasteiger partial charge in [0, 0.05) is 23.9 Å². The Morgan fingerprint density at radius 2 is 1.79 bits per heavy atom. The molecule has 0 aliphatic rings. The topological polar surface area (TPSA) is 85.9 Å². The third-order valence-corrected chi connectivity index (χ3v) is 3.71. The molecular weight excluding hydrogens is 360 g/mol. The number of amides is 2. The minimum atomic E-state index is -0.291. The summed E-state index contributed by atoms with van der Waals surface area (Å²) in [5.41, 5.74) is 1.34. The smallest absolute Gasteiger partial charge is 0.257 e. The third-order valence-electron chi connectivity index (χ3n) is 3.71. The summed E-state index contributed by atoms with van der Waals surface area (Å²) in [4.78, 5) is 23.5. The van der Waals surface area contributed by atoms with Crippen LogP contribution in [0.1, 0.15) is 12.5 Å². The van der Waals surface area contributed by atoms with Gasteiger partial charge in [0.2, 0.25) is 5.91 Å². The Morgan fingerprint density at radius 3 is 2.43 bits per heavy atom. The average molecular weight is 384 g/mol. The molecule has 2 amide bonds. The number of anilines is 1. The fourth-order valence-corrected chi connectivity index (χ4v) is 2.42. The molecule has 0 aliphatic heterocycles. The lowest BCUT2D eigenvalue weighted by Crippen LogP contribution is -2.28. The maximum absolute atomic E-state index is 12.2. The first kappa shape index (κ1) is 20.8. The Bertz CT molecular complexity index is 831. The van der Waals surface area contributed by atoms with Gasteiger partial charge in [-0.2, -0.15) is 0 Å². The molecule has 0 atom stereocenters. The van der Waals surface area contributed by atoms with E-state index in [0.29, 0.717) is 29.5 Å². The van der Waals surface area contributed by atoms with Gasteiger partial charge in [0.25, 0.3) is 5.91 Å². The van der Waals surface area contributed by atoms with Crippen molar-refractivity contribution in [1.29, 1.82) is 0 Å². The zero-order chi connectivity index (χ0) is 20.4. The summed E-state index contributed by atoms with van der Waals surface area (Å²) in [7, 11) is 3.10. The third kappa shape index (κ3) is 6.05. The number of hydrogen-bond acceptors (Lipinski definition) is 5. The molecule has 2 rings (SSSR count). The van der Waals surface area contributed by atoms with Crippen molar-refractivity contribution in [2.45, 2.75) is 6.92 Å². The monoisotopic (exact) mass is 384 g/mol. The molecule has 0 spiro atoms. The van der Waals surface area contributed by atoms with E-state index in [1.54, 1.807) is 50.6 Å². The number of nitrogens with one attached hydrogen (secondary N) is 2. The Hall–Kier alpha value is -3.48. The Labute approximate surface area is 164 Å². The number of ether oxygens (including phenoxy) is 3. The summed E-state index contributed by atoms with van der Waals surface area (Å²) >= 11 is 0. The molecular formula is C21H24N2O5. The lowest BCUT2D eigenvalue weighted by Gasteiger charge is -2.10. The van der Waals surface area contributed by atoms with Gasteiger partial charge in [-0.25, -0.2) is 0 Å². The van der Waals surface area contributed by atoms with Crippen LogP contribution in [0, 0.1) is 0 Å². The molecule has 0 unspecified atom stereocenters. The zero-order valence-electron chi connectivity index (χ0n) is 16.2. The van der Waals surface area contributed by atoms with Gasteiger partial charge in [-0.3, -0.25) is 9.59 Å². The lowest BCUT2D eigenvalue weighted by molar-refractivity contribution is -0.123. The number of para-hydroxylation sites is 1. The van der Waals surface area contributed by atoms with Crippen LogP contribution in [0.5, 0.6) is 17.2 Å². The highest BCUT2D eigenvalue weighted by Gasteiger charge is 2.07. The van der Waals surface area contributed by atoms with Crippen molar-refractivity contribution in [1.82, 2.24) is 5.32 Å². The highest BCUT2D eigenvalue weighted by atomic mass is 16.5. The number of benzene rings is 2. The number of likely N-dealkylation sites (N-methyl/N-ethyl adjacent to an activating group) is 1. The quantitative estimate of drug-likeness (QED) is 0.650. The van der Waals surface area contributed by atoms with Crippen LogP contribution in [0.25, 0.3) is 6.08 Å². The molecule has 0 radical (unpaired) electrons.